The number of hydrogen-bond donors (Lipinski definition) is 1. The third-order valence-electron chi connectivity index (χ3n) is 4.84. The maximum atomic E-state index is 12.1. The standard InChI is InChI=1S/C16H24N4O/c1-4-15-13-9-17-8-11(13)10-20(15)12-5-6-18-14(7-12)16(21)19(2)3/h5-7,11,13,15,17H,4,8-10H2,1-3H3. The van der Waals surface area contributed by atoms with Crippen molar-refractivity contribution < 1.29 is 4.79 Å². The molecule has 0 spiro atoms. The van der Waals surface area contributed by atoms with Crippen LogP contribution in [-0.4, -0.2) is 55.6 Å². The first-order valence-electron chi connectivity index (χ1n) is 7.77. The van der Waals surface area contributed by atoms with Crippen LogP contribution in [-0.2, 0) is 0 Å². The van der Waals surface area contributed by atoms with Gasteiger partial charge in [0.2, 0.25) is 0 Å². The second-order valence-corrected chi connectivity index (χ2v) is 6.31. The predicted octanol–water partition coefficient (Wildman–Crippen LogP) is 1.22. The second kappa shape index (κ2) is 5.64. The Bertz CT molecular complexity index is 531. The van der Waals surface area contributed by atoms with E-state index in [4.69, 9.17) is 0 Å². The molecule has 0 aliphatic carbocycles. The Morgan fingerprint density at radius 2 is 2.29 bits per heavy atom. The molecule has 0 saturated carbocycles. The minimum atomic E-state index is -0.0362. The van der Waals surface area contributed by atoms with Gasteiger partial charge in [-0.25, -0.2) is 0 Å². The van der Waals surface area contributed by atoms with Crippen LogP contribution in [0.4, 0.5) is 5.69 Å². The van der Waals surface area contributed by atoms with Crippen LogP contribution in [0, 0.1) is 11.8 Å². The SMILES string of the molecule is CCC1C2CNCC2CN1c1ccnc(C(=O)N(C)C)c1. The first kappa shape index (κ1) is 14.3. The molecule has 2 aliphatic rings. The number of aromatic nitrogens is 1. The average molecular weight is 288 g/mol. The number of hydrogen-bond acceptors (Lipinski definition) is 4. The lowest BCUT2D eigenvalue weighted by Gasteiger charge is -2.29. The maximum absolute atomic E-state index is 12.1. The monoisotopic (exact) mass is 288 g/mol. The zero-order valence-corrected chi connectivity index (χ0v) is 13.0. The van der Waals surface area contributed by atoms with E-state index in [9.17, 15) is 4.79 Å². The van der Waals surface area contributed by atoms with Gasteiger partial charge in [0.05, 0.1) is 0 Å². The minimum Gasteiger partial charge on any atom is -0.368 e. The molecule has 21 heavy (non-hydrogen) atoms. The van der Waals surface area contributed by atoms with Crippen molar-refractivity contribution >= 4 is 11.6 Å². The van der Waals surface area contributed by atoms with Crippen LogP contribution in [0.25, 0.3) is 0 Å². The summed E-state index contributed by atoms with van der Waals surface area (Å²) in [7, 11) is 3.52. The van der Waals surface area contributed by atoms with Gasteiger partial charge in [0, 0.05) is 51.7 Å². The van der Waals surface area contributed by atoms with E-state index in [0.717, 1.165) is 43.6 Å². The van der Waals surface area contributed by atoms with Crippen molar-refractivity contribution in [3.05, 3.63) is 24.0 Å². The minimum absolute atomic E-state index is 0.0362. The van der Waals surface area contributed by atoms with Crippen molar-refractivity contribution in [2.45, 2.75) is 19.4 Å². The van der Waals surface area contributed by atoms with E-state index in [0.29, 0.717) is 11.7 Å². The van der Waals surface area contributed by atoms with Gasteiger partial charge < -0.3 is 15.1 Å². The lowest BCUT2D eigenvalue weighted by atomic mass is 9.93. The first-order valence-corrected chi connectivity index (χ1v) is 7.77. The van der Waals surface area contributed by atoms with Gasteiger partial charge >= 0.3 is 0 Å². The van der Waals surface area contributed by atoms with Gasteiger partial charge in [-0.15, -0.1) is 0 Å². The van der Waals surface area contributed by atoms with Gasteiger partial charge in [-0.3, -0.25) is 9.78 Å². The Morgan fingerprint density at radius 1 is 1.48 bits per heavy atom. The summed E-state index contributed by atoms with van der Waals surface area (Å²) >= 11 is 0. The van der Waals surface area contributed by atoms with Crippen LogP contribution >= 0.6 is 0 Å². The van der Waals surface area contributed by atoms with Crippen molar-refractivity contribution in [1.82, 2.24) is 15.2 Å². The highest BCUT2D eigenvalue weighted by molar-refractivity contribution is 5.92. The highest BCUT2D eigenvalue weighted by atomic mass is 16.2. The van der Waals surface area contributed by atoms with Gasteiger partial charge in [-0.05, 0) is 30.4 Å². The summed E-state index contributed by atoms with van der Waals surface area (Å²) < 4.78 is 0. The van der Waals surface area contributed by atoms with Crippen molar-refractivity contribution in [2.75, 3.05) is 38.6 Å². The number of anilines is 1. The maximum Gasteiger partial charge on any atom is 0.272 e. The van der Waals surface area contributed by atoms with Crippen LogP contribution in [0.15, 0.2) is 18.3 Å². The molecule has 1 N–H and O–H groups in total. The molecule has 0 bridgehead atoms. The number of amides is 1. The van der Waals surface area contributed by atoms with Gasteiger partial charge in [-0.2, -0.15) is 0 Å². The highest BCUT2D eigenvalue weighted by Crippen LogP contribution is 2.37. The Labute approximate surface area is 126 Å². The number of carbonyl (C=O) groups is 1. The lowest BCUT2D eigenvalue weighted by Crippen LogP contribution is -2.35. The molecule has 1 amide bonds. The molecule has 5 nitrogen and oxygen atoms in total. The number of fused-ring (bicyclic) bond motifs is 1. The van der Waals surface area contributed by atoms with Crippen LogP contribution in [0.1, 0.15) is 23.8 Å². The first-order chi connectivity index (χ1) is 10.1. The van der Waals surface area contributed by atoms with Crippen LogP contribution in [0.2, 0.25) is 0 Å². The predicted molar refractivity (Wildman–Crippen MR) is 83.5 cm³/mol. The molecular weight excluding hydrogens is 264 g/mol. The van der Waals surface area contributed by atoms with E-state index in [1.165, 1.54) is 0 Å². The summed E-state index contributed by atoms with van der Waals surface area (Å²) in [6, 6.07) is 4.54. The molecule has 3 unspecified atom stereocenters. The Kier molecular flexibility index (Phi) is 3.85. The van der Waals surface area contributed by atoms with Gasteiger partial charge in [-0.1, -0.05) is 6.92 Å². The van der Waals surface area contributed by atoms with Crippen molar-refractivity contribution in [3.63, 3.8) is 0 Å². The normalized spacial score (nSPS) is 27.8. The molecule has 3 atom stereocenters. The van der Waals surface area contributed by atoms with E-state index >= 15 is 0 Å². The number of nitrogens with one attached hydrogen (secondary N) is 1. The second-order valence-electron chi connectivity index (χ2n) is 6.31. The fourth-order valence-electron chi connectivity index (χ4n) is 3.79. The Hall–Kier alpha value is -1.62. The molecule has 0 radical (unpaired) electrons. The summed E-state index contributed by atoms with van der Waals surface area (Å²) in [4.78, 5) is 20.4. The van der Waals surface area contributed by atoms with Crippen molar-refractivity contribution in [1.29, 1.82) is 0 Å². The quantitative estimate of drug-likeness (QED) is 0.908. The smallest absolute Gasteiger partial charge is 0.272 e. The molecule has 2 fully saturated rings. The fraction of sp³-hybridized carbons (Fsp3) is 0.625. The number of carbonyl (C=O) groups excluding carboxylic acids is 1. The van der Waals surface area contributed by atoms with E-state index < -0.39 is 0 Å². The number of pyridine rings is 1. The Balaban J connectivity index is 1.87. The van der Waals surface area contributed by atoms with Crippen LogP contribution in [0.5, 0.6) is 0 Å². The zero-order chi connectivity index (χ0) is 15.0. The van der Waals surface area contributed by atoms with E-state index in [-0.39, 0.29) is 5.91 Å². The van der Waals surface area contributed by atoms with Crippen LogP contribution < -0.4 is 10.2 Å². The number of rotatable bonds is 3. The molecule has 2 aliphatic heterocycles. The third kappa shape index (κ3) is 2.50. The van der Waals surface area contributed by atoms with Gasteiger partial charge in [0.15, 0.2) is 0 Å². The lowest BCUT2D eigenvalue weighted by molar-refractivity contribution is 0.0822. The third-order valence-corrected chi connectivity index (χ3v) is 4.84. The zero-order valence-electron chi connectivity index (χ0n) is 13.0. The van der Waals surface area contributed by atoms with E-state index in [2.05, 4.69) is 22.1 Å². The summed E-state index contributed by atoms with van der Waals surface area (Å²) in [5.74, 6) is 1.43. The summed E-state index contributed by atoms with van der Waals surface area (Å²) in [5, 5.41) is 3.51. The molecule has 0 aromatic carbocycles. The number of nitrogens with zero attached hydrogens (tertiary/aromatic N) is 3. The summed E-state index contributed by atoms with van der Waals surface area (Å²) in [6.07, 6.45) is 2.90. The molecule has 5 heteroatoms. The molecular formula is C16H24N4O. The Morgan fingerprint density at radius 3 is 3.00 bits per heavy atom. The van der Waals surface area contributed by atoms with Gasteiger partial charge in [0.25, 0.3) is 5.91 Å². The van der Waals surface area contributed by atoms with Crippen molar-refractivity contribution in [3.8, 4) is 0 Å². The van der Waals surface area contributed by atoms with E-state index in [1.807, 2.05) is 12.1 Å². The van der Waals surface area contributed by atoms with Gasteiger partial charge in [0.1, 0.15) is 5.69 Å². The van der Waals surface area contributed by atoms with Crippen LogP contribution in [0.3, 0.4) is 0 Å². The topological polar surface area (TPSA) is 48.5 Å². The molecule has 1 aromatic rings. The largest absolute Gasteiger partial charge is 0.368 e. The fourth-order valence-corrected chi connectivity index (χ4v) is 3.79. The average Bonchev–Trinajstić information content (AvgIpc) is 3.06. The highest BCUT2D eigenvalue weighted by Gasteiger charge is 2.43. The molecule has 2 saturated heterocycles. The molecule has 3 heterocycles. The molecule has 114 valence electrons. The van der Waals surface area contributed by atoms with Crippen molar-refractivity contribution in [2.24, 2.45) is 11.8 Å². The summed E-state index contributed by atoms with van der Waals surface area (Å²) in [6.45, 7) is 5.57. The summed E-state index contributed by atoms with van der Waals surface area (Å²) in [5.41, 5.74) is 1.67. The van der Waals surface area contributed by atoms with E-state index in [1.54, 1.807) is 25.2 Å². The molecule has 1 aromatic heterocycles. The molecule has 3 rings (SSSR count).